The predicted octanol–water partition coefficient (Wildman–Crippen LogP) is 0.615. The summed E-state index contributed by atoms with van der Waals surface area (Å²) in [5.74, 6) is 1.64. The van der Waals surface area contributed by atoms with Crippen LogP contribution in [0.1, 0.15) is 18.5 Å². The maximum atomic E-state index is 5.84. The zero-order chi connectivity index (χ0) is 13.8. The summed E-state index contributed by atoms with van der Waals surface area (Å²) in [4.78, 5) is 8.90. The molecule has 20 heavy (non-hydrogen) atoms. The lowest BCUT2D eigenvalue weighted by Gasteiger charge is -2.07. The Morgan fingerprint density at radius 3 is 3.40 bits per heavy atom. The first-order valence-corrected chi connectivity index (χ1v) is 8.14. The SMILES string of the molecule is NC(=NCC1CCCO1)NCCc1cn2c(n1)SCC2. The van der Waals surface area contributed by atoms with E-state index in [0.29, 0.717) is 12.5 Å². The van der Waals surface area contributed by atoms with E-state index < -0.39 is 0 Å². The van der Waals surface area contributed by atoms with Crippen LogP contribution in [-0.4, -0.2) is 47.1 Å². The first-order valence-electron chi connectivity index (χ1n) is 7.15. The largest absolute Gasteiger partial charge is 0.376 e. The summed E-state index contributed by atoms with van der Waals surface area (Å²) in [6, 6.07) is 0. The van der Waals surface area contributed by atoms with Crippen LogP contribution in [0.25, 0.3) is 0 Å². The van der Waals surface area contributed by atoms with Gasteiger partial charge in [0.05, 0.1) is 18.3 Å². The van der Waals surface area contributed by atoms with Gasteiger partial charge in [0, 0.05) is 38.1 Å². The van der Waals surface area contributed by atoms with Gasteiger partial charge in [-0.05, 0) is 12.8 Å². The van der Waals surface area contributed by atoms with Crippen molar-refractivity contribution in [3.8, 4) is 0 Å². The van der Waals surface area contributed by atoms with Crippen molar-refractivity contribution in [2.75, 3.05) is 25.4 Å². The topological polar surface area (TPSA) is 77.5 Å². The summed E-state index contributed by atoms with van der Waals surface area (Å²) < 4.78 is 7.72. The van der Waals surface area contributed by atoms with Crippen molar-refractivity contribution in [3.05, 3.63) is 11.9 Å². The molecule has 1 atom stereocenters. The standard InChI is InChI=1S/C13H21N5OS/c14-12(16-8-11-2-1-6-19-11)15-4-3-10-9-18-5-7-20-13(18)17-10/h9,11H,1-8H2,(H3,14,15,16). The van der Waals surface area contributed by atoms with Crippen molar-refractivity contribution in [1.29, 1.82) is 0 Å². The molecule has 6 nitrogen and oxygen atoms in total. The molecule has 0 aromatic carbocycles. The Balaban J connectivity index is 1.38. The second-order valence-electron chi connectivity index (χ2n) is 5.09. The molecule has 110 valence electrons. The first kappa shape index (κ1) is 13.8. The second-order valence-corrected chi connectivity index (χ2v) is 6.16. The number of fused-ring (bicyclic) bond motifs is 1. The number of hydrogen-bond donors (Lipinski definition) is 2. The summed E-state index contributed by atoms with van der Waals surface area (Å²) >= 11 is 1.82. The van der Waals surface area contributed by atoms with Crippen molar-refractivity contribution in [3.63, 3.8) is 0 Å². The highest BCUT2D eigenvalue weighted by Gasteiger charge is 2.15. The molecule has 7 heteroatoms. The zero-order valence-corrected chi connectivity index (χ0v) is 12.4. The van der Waals surface area contributed by atoms with Gasteiger partial charge in [-0.3, -0.25) is 4.99 Å². The van der Waals surface area contributed by atoms with Crippen LogP contribution < -0.4 is 11.1 Å². The number of rotatable bonds is 5. The molecular formula is C13H21N5OS. The molecule has 0 amide bonds. The summed E-state index contributed by atoms with van der Waals surface area (Å²) in [6.07, 6.45) is 5.49. The number of nitrogens with one attached hydrogen (secondary N) is 1. The highest BCUT2D eigenvalue weighted by molar-refractivity contribution is 7.99. The zero-order valence-electron chi connectivity index (χ0n) is 11.5. The van der Waals surface area contributed by atoms with Gasteiger partial charge >= 0.3 is 0 Å². The number of guanidine groups is 1. The Morgan fingerprint density at radius 1 is 1.65 bits per heavy atom. The van der Waals surface area contributed by atoms with E-state index in [1.165, 1.54) is 0 Å². The molecular weight excluding hydrogens is 274 g/mol. The van der Waals surface area contributed by atoms with Crippen LogP contribution in [0.3, 0.4) is 0 Å². The molecule has 1 saturated heterocycles. The predicted molar refractivity (Wildman–Crippen MR) is 80.1 cm³/mol. The lowest BCUT2D eigenvalue weighted by molar-refractivity contribution is 0.118. The number of aryl methyl sites for hydroxylation is 1. The molecule has 1 unspecified atom stereocenters. The van der Waals surface area contributed by atoms with Crippen molar-refractivity contribution < 1.29 is 4.74 Å². The Hall–Kier alpha value is -1.21. The van der Waals surface area contributed by atoms with Crippen molar-refractivity contribution in [1.82, 2.24) is 14.9 Å². The van der Waals surface area contributed by atoms with Crippen LogP contribution in [0.4, 0.5) is 0 Å². The van der Waals surface area contributed by atoms with E-state index in [-0.39, 0.29) is 6.10 Å². The lowest BCUT2D eigenvalue weighted by Crippen LogP contribution is -2.34. The quantitative estimate of drug-likeness (QED) is 0.615. The van der Waals surface area contributed by atoms with Gasteiger partial charge in [-0.1, -0.05) is 11.8 Å². The third-order valence-corrected chi connectivity index (χ3v) is 4.50. The van der Waals surface area contributed by atoms with E-state index in [1.54, 1.807) is 0 Å². The Kier molecular flexibility index (Phi) is 4.47. The van der Waals surface area contributed by atoms with Crippen LogP contribution in [0.2, 0.25) is 0 Å². The number of hydrogen-bond acceptors (Lipinski definition) is 4. The van der Waals surface area contributed by atoms with E-state index in [0.717, 1.165) is 55.6 Å². The third-order valence-electron chi connectivity index (χ3n) is 3.53. The average Bonchev–Trinajstić information content (AvgIpc) is 3.12. The minimum Gasteiger partial charge on any atom is -0.376 e. The van der Waals surface area contributed by atoms with Gasteiger partial charge in [0.25, 0.3) is 0 Å². The molecule has 3 N–H and O–H groups in total. The number of aliphatic imine (C=N–C) groups is 1. The molecule has 0 saturated carbocycles. The molecule has 0 bridgehead atoms. The van der Waals surface area contributed by atoms with Gasteiger partial charge in [0.1, 0.15) is 0 Å². The number of ether oxygens (including phenoxy) is 1. The third kappa shape index (κ3) is 3.46. The maximum absolute atomic E-state index is 5.84. The van der Waals surface area contributed by atoms with E-state index in [2.05, 4.69) is 26.1 Å². The van der Waals surface area contributed by atoms with E-state index in [9.17, 15) is 0 Å². The van der Waals surface area contributed by atoms with Crippen LogP contribution in [0.5, 0.6) is 0 Å². The van der Waals surface area contributed by atoms with Crippen LogP contribution in [0.15, 0.2) is 16.3 Å². The smallest absolute Gasteiger partial charge is 0.188 e. The molecule has 0 radical (unpaired) electrons. The monoisotopic (exact) mass is 295 g/mol. The normalized spacial score (nSPS) is 22.2. The van der Waals surface area contributed by atoms with Crippen LogP contribution in [0, 0.1) is 0 Å². The average molecular weight is 295 g/mol. The number of nitrogens with two attached hydrogens (primary N) is 1. The molecule has 0 aliphatic carbocycles. The van der Waals surface area contributed by atoms with Gasteiger partial charge in [-0.2, -0.15) is 0 Å². The molecule has 1 aromatic heterocycles. The Bertz CT molecular complexity index is 460. The summed E-state index contributed by atoms with van der Waals surface area (Å²) in [7, 11) is 0. The summed E-state index contributed by atoms with van der Waals surface area (Å²) in [5.41, 5.74) is 6.96. The van der Waals surface area contributed by atoms with Crippen molar-refractivity contribution in [2.45, 2.75) is 37.1 Å². The summed E-state index contributed by atoms with van der Waals surface area (Å²) in [6.45, 7) is 3.36. The van der Waals surface area contributed by atoms with Crippen molar-refractivity contribution in [2.24, 2.45) is 10.7 Å². The fourth-order valence-electron chi connectivity index (χ4n) is 2.45. The number of nitrogens with zero attached hydrogens (tertiary/aromatic N) is 3. The fourth-order valence-corrected chi connectivity index (χ4v) is 3.41. The Morgan fingerprint density at radius 2 is 2.60 bits per heavy atom. The highest BCUT2D eigenvalue weighted by Crippen LogP contribution is 2.24. The van der Waals surface area contributed by atoms with E-state index in [4.69, 9.17) is 10.5 Å². The van der Waals surface area contributed by atoms with E-state index >= 15 is 0 Å². The number of thioether (sulfide) groups is 1. The molecule has 1 fully saturated rings. The van der Waals surface area contributed by atoms with Crippen LogP contribution in [-0.2, 0) is 17.7 Å². The molecule has 1 aromatic rings. The van der Waals surface area contributed by atoms with E-state index in [1.807, 2.05) is 11.8 Å². The second kappa shape index (κ2) is 6.49. The van der Waals surface area contributed by atoms with Gasteiger partial charge < -0.3 is 20.4 Å². The summed E-state index contributed by atoms with van der Waals surface area (Å²) in [5, 5.41) is 4.27. The lowest BCUT2D eigenvalue weighted by atomic mass is 10.2. The highest BCUT2D eigenvalue weighted by atomic mass is 32.2. The molecule has 3 rings (SSSR count). The number of aromatic nitrogens is 2. The van der Waals surface area contributed by atoms with Crippen molar-refractivity contribution >= 4 is 17.7 Å². The molecule has 0 spiro atoms. The van der Waals surface area contributed by atoms with Gasteiger partial charge in [-0.25, -0.2) is 4.98 Å². The molecule has 3 heterocycles. The van der Waals surface area contributed by atoms with Gasteiger partial charge in [0.2, 0.25) is 0 Å². The van der Waals surface area contributed by atoms with Gasteiger partial charge in [0.15, 0.2) is 11.1 Å². The minimum atomic E-state index is 0.253. The van der Waals surface area contributed by atoms with Crippen LogP contribution >= 0.6 is 11.8 Å². The first-order chi connectivity index (χ1) is 9.81. The Labute approximate surface area is 123 Å². The number of imidazole rings is 1. The van der Waals surface area contributed by atoms with Gasteiger partial charge in [-0.15, -0.1) is 0 Å². The molecule has 2 aliphatic rings. The molecule has 2 aliphatic heterocycles. The maximum Gasteiger partial charge on any atom is 0.188 e. The fraction of sp³-hybridized carbons (Fsp3) is 0.692. The minimum absolute atomic E-state index is 0.253.